The second-order valence-corrected chi connectivity index (χ2v) is 3.63. The van der Waals surface area contributed by atoms with Crippen molar-refractivity contribution in [2.45, 2.75) is 5.75 Å². The van der Waals surface area contributed by atoms with Gasteiger partial charge in [-0.05, 0) is 0 Å². The highest BCUT2D eigenvalue weighted by molar-refractivity contribution is 7.78. The Morgan fingerprint density at radius 2 is 2.00 bits per heavy atom. The quantitative estimate of drug-likeness (QED) is 0.306. The average molecular weight is 233 g/mol. The van der Waals surface area contributed by atoms with E-state index in [1.54, 1.807) is 0 Å². The fourth-order valence-electron chi connectivity index (χ4n) is 1.01. The molecule has 0 bridgehead atoms. The topological polar surface area (TPSA) is 121 Å². The number of benzene rings is 1. The van der Waals surface area contributed by atoms with Gasteiger partial charge in [0.15, 0.2) is 22.6 Å². The van der Waals surface area contributed by atoms with Gasteiger partial charge in [-0.2, -0.15) is 0 Å². The first-order chi connectivity index (χ1) is 6.91. The number of nitro groups is 1. The molecule has 0 saturated carbocycles. The van der Waals surface area contributed by atoms with Gasteiger partial charge in [-0.3, -0.25) is 10.1 Å². The summed E-state index contributed by atoms with van der Waals surface area (Å²) >= 11 is -2.25. The highest BCUT2D eigenvalue weighted by Gasteiger charge is 2.16. The zero-order chi connectivity index (χ0) is 11.6. The van der Waals surface area contributed by atoms with E-state index in [4.69, 9.17) is 9.66 Å². The molecule has 1 rings (SSSR count). The molecule has 15 heavy (non-hydrogen) atoms. The standard InChI is InChI=1S/C7H7NO6S/c9-6-2-5(8(11)12)1-4(7(6)10)3-15(13)14/h1-2,9-10H,3H2,(H,13,14). The van der Waals surface area contributed by atoms with Crippen molar-refractivity contribution in [2.24, 2.45) is 0 Å². The van der Waals surface area contributed by atoms with Crippen molar-refractivity contribution in [1.82, 2.24) is 0 Å². The smallest absolute Gasteiger partial charge is 0.273 e. The van der Waals surface area contributed by atoms with Crippen molar-refractivity contribution in [1.29, 1.82) is 0 Å². The third kappa shape index (κ3) is 2.64. The average Bonchev–Trinajstić information content (AvgIpc) is 2.11. The first kappa shape index (κ1) is 11.4. The maximum absolute atomic E-state index is 10.5. The molecule has 1 aromatic carbocycles. The Bertz CT molecular complexity index is 432. The summed E-state index contributed by atoms with van der Waals surface area (Å²) in [5, 5.41) is 28.7. The predicted molar refractivity (Wildman–Crippen MR) is 50.9 cm³/mol. The minimum absolute atomic E-state index is 0.150. The zero-order valence-corrected chi connectivity index (χ0v) is 8.10. The molecule has 0 aliphatic heterocycles. The van der Waals surface area contributed by atoms with Crippen molar-refractivity contribution >= 4 is 16.8 Å². The van der Waals surface area contributed by atoms with Crippen LogP contribution in [0.4, 0.5) is 5.69 Å². The molecule has 0 fully saturated rings. The maximum Gasteiger partial charge on any atom is 0.273 e. The number of aromatic hydroxyl groups is 2. The second-order valence-electron chi connectivity index (χ2n) is 2.70. The van der Waals surface area contributed by atoms with Crippen molar-refractivity contribution in [2.75, 3.05) is 0 Å². The van der Waals surface area contributed by atoms with Crippen LogP contribution >= 0.6 is 0 Å². The summed E-state index contributed by atoms with van der Waals surface area (Å²) in [5.74, 6) is -1.80. The van der Waals surface area contributed by atoms with Crippen molar-refractivity contribution < 1.29 is 23.9 Å². The van der Waals surface area contributed by atoms with E-state index in [9.17, 15) is 19.4 Å². The molecule has 8 heteroatoms. The molecule has 0 aliphatic rings. The third-order valence-electron chi connectivity index (χ3n) is 1.64. The van der Waals surface area contributed by atoms with Crippen LogP contribution in [-0.4, -0.2) is 23.9 Å². The lowest BCUT2D eigenvalue weighted by atomic mass is 10.2. The van der Waals surface area contributed by atoms with E-state index in [2.05, 4.69) is 0 Å². The van der Waals surface area contributed by atoms with Gasteiger partial charge in [-0.25, -0.2) is 4.21 Å². The number of phenols is 2. The van der Waals surface area contributed by atoms with Gasteiger partial charge in [0.05, 0.1) is 16.7 Å². The highest BCUT2D eigenvalue weighted by Crippen LogP contribution is 2.33. The SMILES string of the molecule is O=[N+]([O-])c1cc(O)c(O)c(CS(=O)O)c1. The maximum atomic E-state index is 10.5. The molecule has 0 aromatic heterocycles. The third-order valence-corrected chi connectivity index (χ3v) is 2.20. The van der Waals surface area contributed by atoms with Gasteiger partial charge in [0.2, 0.25) is 0 Å². The number of hydrogen-bond acceptors (Lipinski definition) is 5. The van der Waals surface area contributed by atoms with Crippen LogP contribution in [0.1, 0.15) is 5.56 Å². The molecule has 1 atom stereocenters. The lowest BCUT2D eigenvalue weighted by Crippen LogP contribution is -1.96. The molecular formula is C7H7NO6S. The molecule has 1 unspecified atom stereocenters. The van der Waals surface area contributed by atoms with Gasteiger partial charge in [0.1, 0.15) is 0 Å². The summed E-state index contributed by atoms with van der Waals surface area (Å²) in [7, 11) is 0. The fourth-order valence-corrected chi connectivity index (χ4v) is 1.50. The van der Waals surface area contributed by atoms with Crippen molar-refractivity contribution in [3.8, 4) is 11.5 Å². The van der Waals surface area contributed by atoms with Gasteiger partial charge in [-0.15, -0.1) is 0 Å². The Morgan fingerprint density at radius 3 is 2.47 bits per heavy atom. The number of rotatable bonds is 3. The van der Waals surface area contributed by atoms with E-state index in [1.807, 2.05) is 0 Å². The molecular weight excluding hydrogens is 226 g/mol. The van der Waals surface area contributed by atoms with Gasteiger partial charge < -0.3 is 14.8 Å². The molecule has 1 aromatic rings. The molecule has 0 heterocycles. The van der Waals surface area contributed by atoms with E-state index in [0.29, 0.717) is 0 Å². The van der Waals surface area contributed by atoms with Crippen LogP contribution in [0.25, 0.3) is 0 Å². The van der Waals surface area contributed by atoms with Gasteiger partial charge in [0, 0.05) is 11.6 Å². The van der Waals surface area contributed by atoms with Crippen LogP contribution in [-0.2, 0) is 16.8 Å². The first-order valence-corrected chi connectivity index (χ1v) is 4.96. The van der Waals surface area contributed by atoms with Gasteiger partial charge >= 0.3 is 0 Å². The number of phenolic OH excluding ortho intramolecular Hbond substituents is 2. The summed E-state index contributed by atoms with van der Waals surface area (Å²) in [6.07, 6.45) is 0. The minimum atomic E-state index is -2.25. The molecule has 82 valence electrons. The summed E-state index contributed by atoms with van der Waals surface area (Å²) in [5.41, 5.74) is -0.603. The summed E-state index contributed by atoms with van der Waals surface area (Å²) in [6.45, 7) is 0. The number of non-ortho nitro benzene ring substituents is 1. The Hall–Kier alpha value is -1.67. The second kappa shape index (κ2) is 4.24. The van der Waals surface area contributed by atoms with Crippen molar-refractivity contribution in [3.05, 3.63) is 27.8 Å². The van der Waals surface area contributed by atoms with Crippen LogP contribution in [0.2, 0.25) is 0 Å². The molecule has 0 spiro atoms. The normalized spacial score (nSPS) is 12.3. The first-order valence-electron chi connectivity index (χ1n) is 3.68. The lowest BCUT2D eigenvalue weighted by Gasteiger charge is -2.03. The Morgan fingerprint density at radius 1 is 1.40 bits per heavy atom. The molecule has 3 N–H and O–H groups in total. The van der Waals surface area contributed by atoms with E-state index in [-0.39, 0.29) is 5.56 Å². The summed E-state index contributed by atoms with van der Waals surface area (Å²) in [4.78, 5) is 9.60. The molecule has 0 aliphatic carbocycles. The minimum Gasteiger partial charge on any atom is -0.504 e. The number of hydrogen-bond donors (Lipinski definition) is 3. The van der Waals surface area contributed by atoms with Crippen LogP contribution in [0.5, 0.6) is 11.5 Å². The molecule has 0 saturated heterocycles. The van der Waals surface area contributed by atoms with E-state index in [1.165, 1.54) is 0 Å². The molecule has 0 radical (unpaired) electrons. The van der Waals surface area contributed by atoms with Gasteiger partial charge in [0.25, 0.3) is 5.69 Å². The highest BCUT2D eigenvalue weighted by atomic mass is 32.2. The lowest BCUT2D eigenvalue weighted by molar-refractivity contribution is -0.385. The van der Waals surface area contributed by atoms with E-state index >= 15 is 0 Å². The predicted octanol–water partition coefficient (Wildman–Crippen LogP) is 0.728. The fraction of sp³-hybridized carbons (Fsp3) is 0.143. The van der Waals surface area contributed by atoms with Crippen LogP contribution < -0.4 is 0 Å². The monoisotopic (exact) mass is 233 g/mol. The van der Waals surface area contributed by atoms with Crippen molar-refractivity contribution in [3.63, 3.8) is 0 Å². The largest absolute Gasteiger partial charge is 0.504 e. The number of nitrogens with zero attached hydrogens (tertiary/aromatic N) is 1. The van der Waals surface area contributed by atoms with Crippen LogP contribution in [0, 0.1) is 10.1 Å². The molecule has 0 amide bonds. The Balaban J connectivity index is 3.24. The van der Waals surface area contributed by atoms with E-state index in [0.717, 1.165) is 12.1 Å². The summed E-state index contributed by atoms with van der Waals surface area (Å²) in [6, 6.07) is 1.70. The molecule has 7 nitrogen and oxygen atoms in total. The van der Waals surface area contributed by atoms with E-state index < -0.39 is 38.9 Å². The number of nitro benzene ring substituents is 1. The summed E-state index contributed by atoms with van der Waals surface area (Å²) < 4.78 is 19.0. The van der Waals surface area contributed by atoms with Gasteiger partial charge in [-0.1, -0.05) is 0 Å². The van der Waals surface area contributed by atoms with Crippen LogP contribution in [0.15, 0.2) is 12.1 Å². The van der Waals surface area contributed by atoms with Crippen LogP contribution in [0.3, 0.4) is 0 Å². The zero-order valence-electron chi connectivity index (χ0n) is 7.28. The Labute approximate surface area is 86.4 Å². The Kier molecular flexibility index (Phi) is 3.22.